The van der Waals surface area contributed by atoms with Crippen LogP contribution < -0.4 is 10.6 Å². The van der Waals surface area contributed by atoms with E-state index in [1.165, 1.54) is 0 Å². The Morgan fingerprint density at radius 2 is 2.15 bits per heavy atom. The van der Waals surface area contributed by atoms with E-state index in [2.05, 4.69) is 17.6 Å². The van der Waals surface area contributed by atoms with Crippen LogP contribution in [0.2, 0.25) is 0 Å². The van der Waals surface area contributed by atoms with Crippen LogP contribution in [-0.4, -0.2) is 30.2 Å². The first-order chi connectivity index (χ1) is 9.55. The minimum Gasteiger partial charge on any atom is -0.394 e. The van der Waals surface area contributed by atoms with E-state index in [9.17, 15) is 9.90 Å². The summed E-state index contributed by atoms with van der Waals surface area (Å²) in [6.45, 7) is 4.78. The van der Waals surface area contributed by atoms with Crippen LogP contribution in [0.3, 0.4) is 0 Å². The molecule has 3 atom stereocenters. The van der Waals surface area contributed by atoms with Gasteiger partial charge >= 0.3 is 0 Å². The fraction of sp³-hybridized carbons (Fsp3) is 0.562. The van der Waals surface area contributed by atoms with Crippen molar-refractivity contribution in [1.82, 2.24) is 10.6 Å². The number of piperidine rings is 1. The van der Waals surface area contributed by atoms with Crippen molar-refractivity contribution >= 4 is 5.91 Å². The molecule has 1 heterocycles. The van der Waals surface area contributed by atoms with Gasteiger partial charge < -0.3 is 15.7 Å². The number of hydrogen-bond donors (Lipinski definition) is 3. The van der Waals surface area contributed by atoms with E-state index < -0.39 is 5.54 Å². The van der Waals surface area contributed by atoms with Gasteiger partial charge in [0.05, 0.1) is 18.2 Å². The normalized spacial score (nSPS) is 25.8. The Balaban J connectivity index is 2.07. The molecule has 0 aliphatic carbocycles. The van der Waals surface area contributed by atoms with Gasteiger partial charge in [0.1, 0.15) is 0 Å². The average molecular weight is 276 g/mol. The fourth-order valence-corrected chi connectivity index (χ4v) is 2.68. The SMILES string of the molecule is CC1CCNC(C(=O)NC(C)(CO)c2ccccc2)C1. The topological polar surface area (TPSA) is 61.4 Å². The molecule has 20 heavy (non-hydrogen) atoms. The molecule has 0 aromatic heterocycles. The molecule has 0 saturated carbocycles. The lowest BCUT2D eigenvalue weighted by Gasteiger charge is -2.34. The molecule has 3 N–H and O–H groups in total. The number of aliphatic hydroxyl groups is 1. The Morgan fingerprint density at radius 3 is 2.75 bits per heavy atom. The summed E-state index contributed by atoms with van der Waals surface area (Å²) in [5.74, 6) is 0.529. The highest BCUT2D eigenvalue weighted by Gasteiger charge is 2.32. The van der Waals surface area contributed by atoms with E-state index in [1.807, 2.05) is 37.3 Å². The molecule has 4 nitrogen and oxygen atoms in total. The van der Waals surface area contributed by atoms with Gasteiger partial charge in [-0.3, -0.25) is 4.79 Å². The van der Waals surface area contributed by atoms with Crippen LogP contribution in [-0.2, 0) is 10.3 Å². The van der Waals surface area contributed by atoms with E-state index in [1.54, 1.807) is 0 Å². The van der Waals surface area contributed by atoms with E-state index in [0.29, 0.717) is 5.92 Å². The molecule has 3 unspecified atom stereocenters. The Hall–Kier alpha value is -1.39. The highest BCUT2D eigenvalue weighted by molar-refractivity contribution is 5.82. The molecule has 2 rings (SSSR count). The molecule has 1 fully saturated rings. The van der Waals surface area contributed by atoms with Gasteiger partial charge in [-0.2, -0.15) is 0 Å². The molecule has 1 aromatic rings. The van der Waals surface area contributed by atoms with Crippen molar-refractivity contribution in [3.63, 3.8) is 0 Å². The third-order valence-corrected chi connectivity index (χ3v) is 4.11. The summed E-state index contributed by atoms with van der Waals surface area (Å²) < 4.78 is 0. The Bertz CT molecular complexity index is 449. The van der Waals surface area contributed by atoms with Crippen molar-refractivity contribution in [2.45, 2.75) is 38.3 Å². The first-order valence-corrected chi connectivity index (χ1v) is 7.27. The Morgan fingerprint density at radius 1 is 1.45 bits per heavy atom. The molecule has 0 bridgehead atoms. The number of benzene rings is 1. The average Bonchev–Trinajstić information content (AvgIpc) is 2.48. The predicted molar refractivity (Wildman–Crippen MR) is 79.2 cm³/mol. The van der Waals surface area contributed by atoms with Gasteiger partial charge in [-0.15, -0.1) is 0 Å². The number of carbonyl (C=O) groups is 1. The van der Waals surface area contributed by atoms with Crippen LogP contribution in [0.15, 0.2) is 30.3 Å². The first kappa shape index (κ1) is 15.0. The minimum absolute atomic E-state index is 0.0306. The summed E-state index contributed by atoms with van der Waals surface area (Å²) in [6, 6.07) is 9.44. The number of amides is 1. The number of carbonyl (C=O) groups excluding carboxylic acids is 1. The van der Waals surface area contributed by atoms with Crippen LogP contribution in [0.5, 0.6) is 0 Å². The maximum atomic E-state index is 12.4. The molecule has 4 heteroatoms. The van der Waals surface area contributed by atoms with Gasteiger partial charge in [0, 0.05) is 0 Å². The molecule has 0 radical (unpaired) electrons. The van der Waals surface area contributed by atoms with E-state index >= 15 is 0 Å². The molecule has 1 aliphatic rings. The van der Waals surface area contributed by atoms with Crippen molar-refractivity contribution in [3.05, 3.63) is 35.9 Å². The van der Waals surface area contributed by atoms with Crippen LogP contribution >= 0.6 is 0 Å². The lowest BCUT2D eigenvalue weighted by Crippen LogP contribution is -2.55. The van der Waals surface area contributed by atoms with Crippen molar-refractivity contribution < 1.29 is 9.90 Å². The second kappa shape index (κ2) is 6.37. The lowest BCUT2D eigenvalue weighted by atomic mass is 9.90. The minimum atomic E-state index is -0.735. The zero-order valence-electron chi connectivity index (χ0n) is 12.2. The molecule has 0 spiro atoms. The summed E-state index contributed by atoms with van der Waals surface area (Å²) in [5.41, 5.74) is 0.181. The van der Waals surface area contributed by atoms with Crippen molar-refractivity contribution in [2.24, 2.45) is 5.92 Å². The Kier molecular flexibility index (Phi) is 4.78. The van der Waals surface area contributed by atoms with Crippen molar-refractivity contribution in [3.8, 4) is 0 Å². The highest BCUT2D eigenvalue weighted by Crippen LogP contribution is 2.21. The summed E-state index contributed by atoms with van der Waals surface area (Å²) in [5, 5.41) is 16.0. The van der Waals surface area contributed by atoms with Gasteiger partial charge in [-0.1, -0.05) is 37.3 Å². The zero-order chi connectivity index (χ0) is 14.6. The van der Waals surface area contributed by atoms with Crippen LogP contribution in [0.4, 0.5) is 0 Å². The van der Waals surface area contributed by atoms with Gasteiger partial charge in [0.15, 0.2) is 0 Å². The van der Waals surface area contributed by atoms with Crippen LogP contribution in [0, 0.1) is 5.92 Å². The van der Waals surface area contributed by atoms with Crippen molar-refractivity contribution in [1.29, 1.82) is 0 Å². The van der Waals surface area contributed by atoms with Crippen LogP contribution in [0.25, 0.3) is 0 Å². The smallest absolute Gasteiger partial charge is 0.237 e. The molecular formula is C16H24N2O2. The molecule has 1 saturated heterocycles. The second-order valence-corrected chi connectivity index (χ2v) is 5.98. The third-order valence-electron chi connectivity index (χ3n) is 4.11. The molecule has 1 amide bonds. The summed E-state index contributed by atoms with van der Waals surface area (Å²) in [6.07, 6.45) is 1.96. The van der Waals surface area contributed by atoms with Gasteiger partial charge in [0.25, 0.3) is 0 Å². The van der Waals surface area contributed by atoms with E-state index in [0.717, 1.165) is 24.9 Å². The van der Waals surface area contributed by atoms with E-state index in [-0.39, 0.29) is 18.6 Å². The maximum Gasteiger partial charge on any atom is 0.237 e. The third kappa shape index (κ3) is 3.38. The highest BCUT2D eigenvalue weighted by atomic mass is 16.3. The predicted octanol–water partition coefficient (Wildman–Crippen LogP) is 1.40. The van der Waals surface area contributed by atoms with Gasteiger partial charge in [-0.25, -0.2) is 0 Å². The maximum absolute atomic E-state index is 12.4. The summed E-state index contributed by atoms with van der Waals surface area (Å²) >= 11 is 0. The van der Waals surface area contributed by atoms with Crippen molar-refractivity contribution in [2.75, 3.05) is 13.2 Å². The number of hydrogen-bond acceptors (Lipinski definition) is 3. The fourth-order valence-electron chi connectivity index (χ4n) is 2.68. The standard InChI is InChI=1S/C16H24N2O2/c1-12-8-9-17-14(10-12)15(20)18-16(2,11-19)13-6-4-3-5-7-13/h3-7,12,14,17,19H,8-11H2,1-2H3,(H,18,20). The molecular weight excluding hydrogens is 252 g/mol. The second-order valence-electron chi connectivity index (χ2n) is 5.98. The molecule has 1 aromatic carbocycles. The van der Waals surface area contributed by atoms with Gasteiger partial charge in [-0.05, 0) is 37.8 Å². The molecule has 1 aliphatic heterocycles. The number of aliphatic hydroxyl groups excluding tert-OH is 1. The number of rotatable bonds is 4. The molecule has 110 valence electrons. The Labute approximate surface area is 120 Å². The first-order valence-electron chi connectivity index (χ1n) is 7.27. The number of nitrogens with one attached hydrogen (secondary N) is 2. The summed E-state index contributed by atoms with van der Waals surface area (Å²) in [7, 11) is 0. The van der Waals surface area contributed by atoms with Gasteiger partial charge in [0.2, 0.25) is 5.91 Å². The lowest BCUT2D eigenvalue weighted by molar-refractivity contribution is -0.126. The quantitative estimate of drug-likeness (QED) is 0.779. The monoisotopic (exact) mass is 276 g/mol. The summed E-state index contributed by atoms with van der Waals surface area (Å²) in [4.78, 5) is 12.4. The van der Waals surface area contributed by atoms with E-state index in [4.69, 9.17) is 0 Å². The zero-order valence-corrected chi connectivity index (χ0v) is 12.2. The van der Waals surface area contributed by atoms with Crippen LogP contribution in [0.1, 0.15) is 32.3 Å². The largest absolute Gasteiger partial charge is 0.394 e.